The third-order valence-corrected chi connectivity index (χ3v) is 4.88. The number of aromatic nitrogens is 4. The van der Waals surface area contributed by atoms with Crippen molar-refractivity contribution < 1.29 is 14.7 Å². The van der Waals surface area contributed by atoms with E-state index in [-0.39, 0.29) is 11.3 Å². The van der Waals surface area contributed by atoms with Crippen molar-refractivity contribution in [2.45, 2.75) is 52.5 Å². The molecule has 30 heavy (non-hydrogen) atoms. The first-order chi connectivity index (χ1) is 14.5. The first-order valence-corrected chi connectivity index (χ1v) is 10.3. The fourth-order valence-corrected chi connectivity index (χ4v) is 3.26. The zero-order valence-corrected chi connectivity index (χ0v) is 17.3. The Hall–Kier alpha value is -3.35. The number of carbonyl (C=O) groups is 2. The Kier molecular flexibility index (Phi) is 7.06. The van der Waals surface area contributed by atoms with Crippen molar-refractivity contribution in [3.63, 3.8) is 0 Å². The summed E-state index contributed by atoms with van der Waals surface area (Å²) in [6.07, 6.45) is 6.88. The Labute approximate surface area is 175 Å². The number of carboxylic acids is 1. The van der Waals surface area contributed by atoms with E-state index in [1.54, 1.807) is 16.9 Å². The number of rotatable bonds is 10. The fourth-order valence-electron chi connectivity index (χ4n) is 3.26. The molecule has 0 aliphatic rings. The summed E-state index contributed by atoms with van der Waals surface area (Å²) >= 11 is 0. The van der Waals surface area contributed by atoms with Crippen LogP contribution in [0.5, 0.6) is 0 Å². The Morgan fingerprint density at radius 2 is 1.83 bits per heavy atom. The van der Waals surface area contributed by atoms with Crippen LogP contribution in [0.1, 0.15) is 71.9 Å². The summed E-state index contributed by atoms with van der Waals surface area (Å²) in [6, 6.07) is 9.36. The molecule has 0 spiro atoms. The summed E-state index contributed by atoms with van der Waals surface area (Å²) in [5.41, 5.74) is 2.60. The predicted octanol–water partition coefficient (Wildman–Crippen LogP) is 4.41. The van der Waals surface area contributed by atoms with Crippen molar-refractivity contribution >= 4 is 11.8 Å². The highest BCUT2D eigenvalue weighted by molar-refractivity contribution is 5.95. The molecule has 0 fully saturated rings. The maximum absolute atomic E-state index is 12.3. The van der Waals surface area contributed by atoms with E-state index in [4.69, 9.17) is 0 Å². The van der Waals surface area contributed by atoms with Crippen LogP contribution in [-0.2, 0) is 13.0 Å². The van der Waals surface area contributed by atoms with Crippen LogP contribution in [0.2, 0.25) is 0 Å². The minimum atomic E-state index is -1.01. The van der Waals surface area contributed by atoms with E-state index in [1.807, 2.05) is 24.3 Å². The number of aromatic carboxylic acids is 1. The quantitative estimate of drug-likeness (QED) is 0.501. The number of carboxylic acid groups (broad SMARTS) is 1. The summed E-state index contributed by atoms with van der Waals surface area (Å²) in [4.78, 5) is 32.1. The number of hydrogen-bond acceptors (Lipinski definition) is 5. The third-order valence-electron chi connectivity index (χ3n) is 4.88. The lowest BCUT2D eigenvalue weighted by atomic mass is 10.0. The third kappa shape index (κ3) is 4.97. The first kappa shape index (κ1) is 21.4. The Bertz CT molecular complexity index is 1030. The minimum absolute atomic E-state index is 0.0119. The van der Waals surface area contributed by atoms with Gasteiger partial charge in [-0.05, 0) is 35.6 Å². The maximum atomic E-state index is 12.3. The number of aryl methyl sites for hydroxylation is 1. The fraction of sp³-hybridized carbons (Fsp3) is 0.348. The number of nitrogens with zero attached hydrogens (tertiary/aromatic N) is 4. The lowest BCUT2D eigenvalue weighted by Gasteiger charge is -2.08. The highest BCUT2D eigenvalue weighted by Gasteiger charge is 2.16. The maximum Gasteiger partial charge on any atom is 0.337 e. The summed E-state index contributed by atoms with van der Waals surface area (Å²) in [6.45, 7) is 4.63. The number of carbonyl (C=O) groups excluding carboxylic acids is 1. The Balaban J connectivity index is 1.82. The molecule has 3 rings (SSSR count). The molecule has 0 aliphatic carbocycles. The van der Waals surface area contributed by atoms with Crippen molar-refractivity contribution in [3.05, 3.63) is 65.5 Å². The topological polar surface area (TPSA) is 98.0 Å². The van der Waals surface area contributed by atoms with Crippen LogP contribution in [0, 0.1) is 0 Å². The molecule has 0 amide bonds. The molecule has 1 aromatic carbocycles. The van der Waals surface area contributed by atoms with Crippen molar-refractivity contribution in [3.8, 4) is 11.1 Å². The average Bonchev–Trinajstić information content (AvgIpc) is 3.15. The molecule has 3 aromatic rings. The van der Waals surface area contributed by atoms with E-state index in [0.29, 0.717) is 24.4 Å². The van der Waals surface area contributed by atoms with Crippen molar-refractivity contribution in [1.29, 1.82) is 0 Å². The van der Waals surface area contributed by atoms with Gasteiger partial charge in [0, 0.05) is 25.2 Å². The Morgan fingerprint density at radius 3 is 2.50 bits per heavy atom. The molecule has 0 bridgehead atoms. The largest absolute Gasteiger partial charge is 0.478 e. The smallest absolute Gasteiger partial charge is 0.337 e. The molecule has 0 saturated carbocycles. The van der Waals surface area contributed by atoms with Gasteiger partial charge in [0.15, 0.2) is 0 Å². The van der Waals surface area contributed by atoms with Crippen molar-refractivity contribution in [1.82, 2.24) is 19.7 Å². The van der Waals surface area contributed by atoms with Crippen LogP contribution in [0.25, 0.3) is 11.1 Å². The van der Waals surface area contributed by atoms with Crippen LogP contribution in [0.15, 0.2) is 42.7 Å². The van der Waals surface area contributed by atoms with Crippen LogP contribution < -0.4 is 0 Å². The number of Topliss-reactive ketones (excluding diaryl/α,β-unsaturated/α-hetero) is 1. The molecule has 1 N–H and O–H groups in total. The van der Waals surface area contributed by atoms with Gasteiger partial charge in [-0.2, -0.15) is 0 Å². The minimum Gasteiger partial charge on any atom is -0.478 e. The van der Waals surface area contributed by atoms with Crippen molar-refractivity contribution in [2.24, 2.45) is 0 Å². The monoisotopic (exact) mass is 406 g/mol. The summed E-state index contributed by atoms with van der Waals surface area (Å²) < 4.78 is 1.80. The molecule has 0 radical (unpaired) electrons. The predicted molar refractivity (Wildman–Crippen MR) is 114 cm³/mol. The molecule has 156 valence electrons. The van der Waals surface area contributed by atoms with Crippen LogP contribution in [0.3, 0.4) is 0 Å². The van der Waals surface area contributed by atoms with Crippen LogP contribution >= 0.6 is 0 Å². The molecule has 0 saturated heterocycles. The van der Waals surface area contributed by atoms with Gasteiger partial charge in [0.05, 0.1) is 12.1 Å². The highest BCUT2D eigenvalue weighted by Crippen LogP contribution is 2.23. The van der Waals surface area contributed by atoms with E-state index in [2.05, 4.69) is 28.9 Å². The van der Waals surface area contributed by atoms with Gasteiger partial charge in [-0.3, -0.25) is 9.78 Å². The molecule has 0 atom stereocenters. The molecule has 7 nitrogen and oxygen atoms in total. The standard InChI is InChI=1S/C23H26N4O3/c1-3-5-7-20(28)22-25-21(6-4-2)27(26-22)15-16-8-10-17(11-9-16)18-12-13-24-14-19(18)23(29)30/h8-14H,3-7,15H2,1-2H3,(H,29,30). The average molecular weight is 406 g/mol. The van der Waals surface area contributed by atoms with Crippen LogP contribution in [-0.4, -0.2) is 36.6 Å². The lowest BCUT2D eigenvalue weighted by molar-refractivity contribution is 0.0697. The first-order valence-electron chi connectivity index (χ1n) is 10.3. The van der Waals surface area contributed by atoms with E-state index < -0.39 is 5.97 Å². The second-order valence-electron chi connectivity index (χ2n) is 7.21. The number of unbranched alkanes of at least 4 members (excludes halogenated alkanes) is 1. The van der Waals surface area contributed by atoms with E-state index >= 15 is 0 Å². The summed E-state index contributed by atoms with van der Waals surface area (Å²) in [7, 11) is 0. The van der Waals surface area contributed by atoms with Gasteiger partial charge in [-0.25, -0.2) is 14.5 Å². The number of pyridine rings is 1. The van der Waals surface area contributed by atoms with Gasteiger partial charge in [-0.1, -0.05) is 44.5 Å². The molecular weight excluding hydrogens is 380 g/mol. The van der Waals surface area contributed by atoms with E-state index in [0.717, 1.165) is 42.6 Å². The molecular formula is C23H26N4O3. The highest BCUT2D eigenvalue weighted by atomic mass is 16.4. The summed E-state index contributed by atoms with van der Waals surface area (Å²) in [5.74, 6) is 0.0894. The molecule has 0 aliphatic heterocycles. The van der Waals surface area contributed by atoms with E-state index in [9.17, 15) is 14.7 Å². The van der Waals surface area contributed by atoms with Gasteiger partial charge in [-0.15, -0.1) is 5.10 Å². The van der Waals surface area contributed by atoms with Gasteiger partial charge < -0.3 is 5.11 Å². The molecule has 2 aromatic heterocycles. The normalized spacial score (nSPS) is 10.9. The van der Waals surface area contributed by atoms with Crippen molar-refractivity contribution in [2.75, 3.05) is 0 Å². The van der Waals surface area contributed by atoms with Gasteiger partial charge in [0.25, 0.3) is 0 Å². The second-order valence-corrected chi connectivity index (χ2v) is 7.21. The molecule has 7 heteroatoms. The number of hydrogen-bond donors (Lipinski definition) is 1. The van der Waals surface area contributed by atoms with Gasteiger partial charge >= 0.3 is 5.97 Å². The second kappa shape index (κ2) is 9.91. The number of ketones is 1. The SMILES string of the molecule is CCCCC(=O)c1nc(CCC)n(Cc2ccc(-c3ccncc3C(=O)O)cc2)n1. The van der Waals surface area contributed by atoms with Gasteiger partial charge in [0.1, 0.15) is 5.82 Å². The number of benzene rings is 1. The summed E-state index contributed by atoms with van der Waals surface area (Å²) in [5, 5.41) is 13.8. The molecule has 2 heterocycles. The van der Waals surface area contributed by atoms with Gasteiger partial charge in [0.2, 0.25) is 11.6 Å². The lowest BCUT2D eigenvalue weighted by Crippen LogP contribution is -2.08. The molecule has 0 unspecified atom stereocenters. The zero-order valence-electron chi connectivity index (χ0n) is 17.3. The zero-order chi connectivity index (χ0) is 21.5. The van der Waals surface area contributed by atoms with Crippen LogP contribution in [0.4, 0.5) is 0 Å². The van der Waals surface area contributed by atoms with E-state index in [1.165, 1.54) is 6.20 Å². The Morgan fingerprint density at radius 1 is 1.07 bits per heavy atom.